The summed E-state index contributed by atoms with van der Waals surface area (Å²) in [5.74, 6) is 0. The average molecular weight is 348 g/mol. The van der Waals surface area contributed by atoms with Crippen molar-refractivity contribution in [3.8, 4) is 0 Å². The summed E-state index contributed by atoms with van der Waals surface area (Å²) in [6, 6.07) is 0. The van der Waals surface area contributed by atoms with E-state index in [0.29, 0.717) is 0 Å². The Morgan fingerprint density at radius 2 is 0.800 bits per heavy atom. The molecule has 0 rings (SSSR count). The molecule has 0 fully saturated rings. The predicted octanol–water partition coefficient (Wildman–Crippen LogP) is 9.35. The molecule has 0 saturated carbocycles. The van der Waals surface area contributed by atoms with E-state index in [4.69, 9.17) is 6.58 Å². The standard InChI is InChI=1S/C25H47/c1-3-5-7-9-11-13-15-17-19-21-23-25-24-22-20-18-16-14-12-10-8-6-4-2/h1,3,5,7H,4,6,8-25H2,2H3. The van der Waals surface area contributed by atoms with Gasteiger partial charge in [0.15, 0.2) is 0 Å². The highest BCUT2D eigenvalue weighted by molar-refractivity contribution is 4.95. The monoisotopic (exact) mass is 347 g/mol. The van der Waals surface area contributed by atoms with Crippen LogP contribution in [0.25, 0.3) is 0 Å². The molecule has 0 amide bonds. The van der Waals surface area contributed by atoms with Gasteiger partial charge in [-0.25, -0.2) is 0 Å². The molecule has 0 nitrogen and oxygen atoms in total. The van der Waals surface area contributed by atoms with Gasteiger partial charge in [-0.15, -0.1) is 0 Å². The van der Waals surface area contributed by atoms with Crippen molar-refractivity contribution in [1.82, 2.24) is 0 Å². The van der Waals surface area contributed by atoms with Crippen molar-refractivity contribution < 1.29 is 0 Å². The molecule has 147 valence electrons. The van der Waals surface area contributed by atoms with E-state index in [1.54, 1.807) is 6.08 Å². The van der Waals surface area contributed by atoms with Crippen LogP contribution in [0.3, 0.4) is 0 Å². The number of hydrogen-bond donors (Lipinski definition) is 0. The Morgan fingerprint density at radius 3 is 1.12 bits per heavy atom. The van der Waals surface area contributed by atoms with Crippen LogP contribution in [-0.2, 0) is 0 Å². The summed E-state index contributed by atoms with van der Waals surface area (Å²) in [7, 11) is 0. The first-order chi connectivity index (χ1) is 12.4. The molecular formula is C25H47. The van der Waals surface area contributed by atoms with Crippen LogP contribution in [0.1, 0.15) is 135 Å². The first kappa shape index (κ1) is 24.5. The molecule has 0 unspecified atom stereocenters. The lowest BCUT2D eigenvalue weighted by atomic mass is 10.0. The van der Waals surface area contributed by atoms with E-state index in [0.717, 1.165) is 0 Å². The van der Waals surface area contributed by atoms with Crippen LogP contribution in [0, 0.1) is 6.58 Å². The van der Waals surface area contributed by atoms with Crippen molar-refractivity contribution in [3.63, 3.8) is 0 Å². The van der Waals surface area contributed by atoms with E-state index in [1.807, 2.05) is 6.08 Å². The topological polar surface area (TPSA) is 0 Å². The van der Waals surface area contributed by atoms with Gasteiger partial charge in [-0.05, 0) is 12.8 Å². The number of hydrogen-bond acceptors (Lipinski definition) is 0. The number of rotatable bonds is 21. The summed E-state index contributed by atoms with van der Waals surface area (Å²) in [5.41, 5.74) is 0. The van der Waals surface area contributed by atoms with E-state index >= 15 is 0 Å². The maximum atomic E-state index is 5.30. The normalized spacial score (nSPS) is 11.4. The summed E-state index contributed by atoms with van der Waals surface area (Å²) in [4.78, 5) is 0. The lowest BCUT2D eigenvalue weighted by molar-refractivity contribution is 0.523. The molecule has 0 N–H and O–H groups in total. The third kappa shape index (κ3) is 23.5. The Bertz CT molecular complexity index is 263. The molecule has 0 spiro atoms. The highest BCUT2D eigenvalue weighted by atomic mass is 14.0. The van der Waals surface area contributed by atoms with Crippen molar-refractivity contribution in [3.05, 3.63) is 24.8 Å². The van der Waals surface area contributed by atoms with Crippen LogP contribution in [-0.4, -0.2) is 0 Å². The Kier molecular flexibility index (Phi) is 23.0. The smallest absolute Gasteiger partial charge is 0.0348 e. The summed E-state index contributed by atoms with van der Waals surface area (Å²) >= 11 is 0. The predicted molar refractivity (Wildman–Crippen MR) is 116 cm³/mol. The summed E-state index contributed by atoms with van der Waals surface area (Å²) in [6.07, 6.45) is 34.4. The lowest BCUT2D eigenvalue weighted by Crippen LogP contribution is -1.84. The van der Waals surface area contributed by atoms with Gasteiger partial charge in [0.05, 0.1) is 0 Å². The highest BCUT2D eigenvalue weighted by Gasteiger charge is 1.95. The van der Waals surface area contributed by atoms with E-state index < -0.39 is 0 Å². The van der Waals surface area contributed by atoms with Gasteiger partial charge in [-0.3, -0.25) is 0 Å². The van der Waals surface area contributed by atoms with E-state index in [2.05, 4.69) is 13.0 Å². The quantitative estimate of drug-likeness (QED) is 0.143. The Hall–Kier alpha value is -0.520. The molecule has 0 bridgehead atoms. The van der Waals surface area contributed by atoms with E-state index in [9.17, 15) is 0 Å². The molecule has 0 aliphatic carbocycles. The fraction of sp³-hybridized carbons (Fsp3) is 0.840. The van der Waals surface area contributed by atoms with Gasteiger partial charge in [0.2, 0.25) is 0 Å². The molecular weight excluding hydrogens is 300 g/mol. The fourth-order valence-electron chi connectivity index (χ4n) is 3.52. The summed E-state index contributed by atoms with van der Waals surface area (Å²) in [5, 5.41) is 0. The van der Waals surface area contributed by atoms with E-state index in [1.165, 1.54) is 128 Å². The molecule has 0 heteroatoms. The summed E-state index contributed by atoms with van der Waals surface area (Å²) < 4.78 is 0. The van der Waals surface area contributed by atoms with E-state index in [-0.39, 0.29) is 0 Å². The highest BCUT2D eigenvalue weighted by Crippen LogP contribution is 2.14. The Labute approximate surface area is 160 Å². The summed E-state index contributed by atoms with van der Waals surface area (Å²) in [6.45, 7) is 7.60. The molecule has 0 atom stereocenters. The first-order valence-corrected chi connectivity index (χ1v) is 11.6. The zero-order chi connectivity index (χ0) is 18.3. The Balaban J connectivity index is 2.98. The molecule has 0 aromatic heterocycles. The second-order valence-electron chi connectivity index (χ2n) is 7.77. The molecule has 0 heterocycles. The lowest BCUT2D eigenvalue weighted by Gasteiger charge is -2.03. The van der Waals surface area contributed by atoms with Crippen LogP contribution in [0.4, 0.5) is 0 Å². The molecule has 0 aromatic rings. The van der Waals surface area contributed by atoms with Gasteiger partial charge in [0, 0.05) is 0 Å². The largest absolute Gasteiger partial charge is 0.0845 e. The van der Waals surface area contributed by atoms with Crippen molar-refractivity contribution in [1.29, 1.82) is 0 Å². The average Bonchev–Trinajstić information content (AvgIpc) is 2.63. The van der Waals surface area contributed by atoms with Crippen LogP contribution < -0.4 is 0 Å². The van der Waals surface area contributed by atoms with Crippen LogP contribution >= 0.6 is 0 Å². The molecule has 0 saturated heterocycles. The molecule has 1 radical (unpaired) electrons. The van der Waals surface area contributed by atoms with Crippen LogP contribution in [0.2, 0.25) is 0 Å². The molecule has 0 aliphatic rings. The Morgan fingerprint density at radius 1 is 0.480 bits per heavy atom. The minimum atomic E-state index is 1.19. The maximum Gasteiger partial charge on any atom is -0.0348 e. The zero-order valence-corrected chi connectivity index (χ0v) is 17.5. The molecule has 0 aromatic carbocycles. The van der Waals surface area contributed by atoms with Gasteiger partial charge in [-0.2, -0.15) is 0 Å². The van der Waals surface area contributed by atoms with Gasteiger partial charge in [-0.1, -0.05) is 147 Å². The van der Waals surface area contributed by atoms with Gasteiger partial charge in [0.1, 0.15) is 0 Å². The van der Waals surface area contributed by atoms with Crippen LogP contribution in [0.15, 0.2) is 18.2 Å². The fourth-order valence-corrected chi connectivity index (χ4v) is 3.52. The van der Waals surface area contributed by atoms with Gasteiger partial charge in [0.25, 0.3) is 0 Å². The van der Waals surface area contributed by atoms with Crippen molar-refractivity contribution in [2.75, 3.05) is 0 Å². The second kappa shape index (κ2) is 23.5. The molecule has 25 heavy (non-hydrogen) atoms. The number of unbranched alkanes of at least 4 members (excludes halogenated alkanes) is 19. The third-order valence-corrected chi connectivity index (χ3v) is 5.22. The second-order valence-corrected chi connectivity index (χ2v) is 7.77. The first-order valence-electron chi connectivity index (χ1n) is 11.6. The van der Waals surface area contributed by atoms with Crippen molar-refractivity contribution in [2.24, 2.45) is 0 Å². The zero-order valence-electron chi connectivity index (χ0n) is 17.5. The molecule has 0 aliphatic heterocycles. The number of allylic oxidation sites excluding steroid dienone is 3. The van der Waals surface area contributed by atoms with Crippen molar-refractivity contribution >= 4 is 0 Å². The third-order valence-electron chi connectivity index (χ3n) is 5.22. The minimum Gasteiger partial charge on any atom is -0.0845 e. The SMILES string of the molecule is [CH]=CC=CCCCCCCCCCCCCCCCCCCCCC. The van der Waals surface area contributed by atoms with Crippen LogP contribution in [0.5, 0.6) is 0 Å². The van der Waals surface area contributed by atoms with Crippen molar-refractivity contribution in [2.45, 2.75) is 135 Å². The van der Waals surface area contributed by atoms with Gasteiger partial charge < -0.3 is 0 Å². The van der Waals surface area contributed by atoms with Gasteiger partial charge >= 0.3 is 0 Å². The maximum absolute atomic E-state index is 5.30. The minimum absolute atomic E-state index is 1.19.